The fraction of sp³-hybridized carbons (Fsp3) is 0.286. The summed E-state index contributed by atoms with van der Waals surface area (Å²) in [4.78, 5) is 22.1. The summed E-state index contributed by atoms with van der Waals surface area (Å²) in [6.45, 7) is 0. The van der Waals surface area contributed by atoms with Gasteiger partial charge in [0.25, 0.3) is 0 Å². The summed E-state index contributed by atoms with van der Waals surface area (Å²) in [5.41, 5.74) is 0.519. The Morgan fingerprint density at radius 2 is 1.74 bits per heavy atom. The molecule has 0 aromatic heterocycles. The summed E-state index contributed by atoms with van der Waals surface area (Å²) in [5, 5.41) is 0. The minimum Gasteiger partial charge on any atom is -0.290 e. The van der Waals surface area contributed by atoms with Crippen molar-refractivity contribution in [3.8, 4) is 0 Å². The Balaban J connectivity index is 2.32. The van der Waals surface area contributed by atoms with E-state index in [1.165, 1.54) is 12.2 Å². The standard InChI is InChI=1S/C14H13F3O2/c15-14(16,17)13(19)10-6-2-5-9-12(18)11-7-3-1-4-8-11/h1,3-5,7-9H,2,6,10H2/b9-5+. The third-order valence-corrected chi connectivity index (χ3v) is 2.42. The molecule has 102 valence electrons. The highest BCUT2D eigenvalue weighted by Crippen LogP contribution is 2.19. The van der Waals surface area contributed by atoms with E-state index in [9.17, 15) is 22.8 Å². The topological polar surface area (TPSA) is 34.1 Å². The zero-order chi connectivity index (χ0) is 14.3. The van der Waals surface area contributed by atoms with Crippen molar-refractivity contribution < 1.29 is 22.8 Å². The van der Waals surface area contributed by atoms with Crippen molar-refractivity contribution in [1.82, 2.24) is 0 Å². The minimum absolute atomic E-state index is 0.0803. The SMILES string of the molecule is O=C(/C=C/CCCC(=O)C(F)(F)F)c1ccccc1. The lowest BCUT2D eigenvalue weighted by molar-refractivity contribution is -0.171. The molecule has 0 N–H and O–H groups in total. The molecule has 0 saturated heterocycles. The number of ketones is 2. The number of hydrogen-bond acceptors (Lipinski definition) is 2. The van der Waals surface area contributed by atoms with Crippen LogP contribution in [0.4, 0.5) is 13.2 Å². The van der Waals surface area contributed by atoms with Crippen LogP contribution in [0.5, 0.6) is 0 Å². The maximum absolute atomic E-state index is 11.9. The van der Waals surface area contributed by atoms with Gasteiger partial charge in [0.1, 0.15) is 0 Å². The van der Waals surface area contributed by atoms with Crippen LogP contribution < -0.4 is 0 Å². The fourth-order valence-corrected chi connectivity index (χ4v) is 1.41. The fourth-order valence-electron chi connectivity index (χ4n) is 1.41. The van der Waals surface area contributed by atoms with Gasteiger partial charge in [0, 0.05) is 12.0 Å². The summed E-state index contributed by atoms with van der Waals surface area (Å²) in [6, 6.07) is 8.54. The average molecular weight is 270 g/mol. The number of carbonyl (C=O) groups excluding carboxylic acids is 2. The van der Waals surface area contributed by atoms with E-state index in [2.05, 4.69) is 0 Å². The van der Waals surface area contributed by atoms with E-state index in [0.29, 0.717) is 5.56 Å². The lowest BCUT2D eigenvalue weighted by Gasteiger charge is -2.02. The molecule has 0 atom stereocenters. The molecule has 0 aliphatic heterocycles. The summed E-state index contributed by atoms with van der Waals surface area (Å²) in [7, 11) is 0. The van der Waals surface area contributed by atoms with Crippen LogP contribution in [0.1, 0.15) is 29.6 Å². The molecule has 2 nitrogen and oxygen atoms in total. The molecular formula is C14H13F3O2. The number of halogens is 3. The molecule has 1 aromatic rings. The minimum atomic E-state index is -4.76. The second-order valence-electron chi connectivity index (χ2n) is 3.95. The van der Waals surface area contributed by atoms with Crippen LogP contribution in [0.15, 0.2) is 42.5 Å². The number of allylic oxidation sites excluding steroid dienone is 2. The van der Waals surface area contributed by atoms with Crippen LogP contribution in [0.3, 0.4) is 0 Å². The monoisotopic (exact) mass is 270 g/mol. The Hall–Kier alpha value is -1.91. The molecule has 0 heterocycles. The molecule has 0 radical (unpaired) electrons. The van der Waals surface area contributed by atoms with Gasteiger partial charge in [-0.1, -0.05) is 36.4 Å². The predicted octanol–water partition coefficient (Wildman–Crippen LogP) is 3.73. The molecule has 0 spiro atoms. The molecule has 5 heteroatoms. The normalized spacial score (nSPS) is 11.7. The van der Waals surface area contributed by atoms with Gasteiger partial charge < -0.3 is 0 Å². The van der Waals surface area contributed by atoms with E-state index >= 15 is 0 Å². The Morgan fingerprint density at radius 3 is 2.32 bits per heavy atom. The molecule has 0 fully saturated rings. The second kappa shape index (κ2) is 6.87. The number of Topliss-reactive ketones (excluding diaryl/α,β-unsaturated/α-hetero) is 1. The van der Waals surface area contributed by atoms with E-state index in [4.69, 9.17) is 0 Å². The molecule has 0 aliphatic rings. The van der Waals surface area contributed by atoms with Crippen molar-refractivity contribution in [2.24, 2.45) is 0 Å². The van der Waals surface area contributed by atoms with Crippen LogP contribution in [0, 0.1) is 0 Å². The van der Waals surface area contributed by atoms with E-state index in [1.54, 1.807) is 30.3 Å². The summed E-state index contributed by atoms with van der Waals surface area (Å²) >= 11 is 0. The van der Waals surface area contributed by atoms with Gasteiger partial charge in [0.2, 0.25) is 5.78 Å². The molecule has 0 unspecified atom stereocenters. The van der Waals surface area contributed by atoms with Gasteiger partial charge in [0.15, 0.2) is 5.78 Å². The van der Waals surface area contributed by atoms with Crippen molar-refractivity contribution in [2.75, 3.05) is 0 Å². The van der Waals surface area contributed by atoms with Crippen molar-refractivity contribution in [1.29, 1.82) is 0 Å². The molecule has 1 aromatic carbocycles. The Morgan fingerprint density at radius 1 is 1.11 bits per heavy atom. The van der Waals surface area contributed by atoms with Crippen molar-refractivity contribution in [3.05, 3.63) is 48.0 Å². The maximum atomic E-state index is 11.9. The van der Waals surface area contributed by atoms with Crippen molar-refractivity contribution >= 4 is 11.6 Å². The number of hydrogen-bond donors (Lipinski definition) is 0. The molecule has 0 bridgehead atoms. The molecule has 0 aliphatic carbocycles. The zero-order valence-electron chi connectivity index (χ0n) is 10.1. The van der Waals surface area contributed by atoms with Gasteiger partial charge in [-0.15, -0.1) is 0 Å². The van der Waals surface area contributed by atoms with Crippen LogP contribution in [0.25, 0.3) is 0 Å². The van der Waals surface area contributed by atoms with Crippen LogP contribution in [-0.4, -0.2) is 17.7 Å². The number of rotatable bonds is 6. The van der Waals surface area contributed by atoms with Crippen molar-refractivity contribution in [2.45, 2.75) is 25.4 Å². The number of benzene rings is 1. The summed E-state index contributed by atoms with van der Waals surface area (Å²) < 4.78 is 35.7. The number of alkyl halides is 3. The molecule has 0 amide bonds. The van der Waals surface area contributed by atoms with Crippen molar-refractivity contribution in [3.63, 3.8) is 0 Å². The van der Waals surface area contributed by atoms with Crippen LogP contribution in [0.2, 0.25) is 0 Å². The highest BCUT2D eigenvalue weighted by Gasteiger charge is 2.36. The third kappa shape index (κ3) is 5.50. The first-order chi connectivity index (χ1) is 8.91. The number of unbranched alkanes of at least 4 members (excludes halogenated alkanes) is 1. The second-order valence-corrected chi connectivity index (χ2v) is 3.95. The Bertz CT molecular complexity index is 461. The maximum Gasteiger partial charge on any atom is 0.449 e. The largest absolute Gasteiger partial charge is 0.449 e. The summed E-state index contributed by atoms with van der Waals surface area (Å²) in [6.07, 6.45) is -2.17. The van der Waals surface area contributed by atoms with E-state index in [-0.39, 0.29) is 18.6 Å². The first kappa shape index (κ1) is 15.1. The first-order valence-electron chi connectivity index (χ1n) is 5.77. The molecule has 19 heavy (non-hydrogen) atoms. The van der Waals surface area contributed by atoms with E-state index < -0.39 is 18.4 Å². The molecule has 1 rings (SSSR count). The van der Waals surface area contributed by atoms with Crippen LogP contribution in [-0.2, 0) is 4.79 Å². The van der Waals surface area contributed by atoms with Crippen LogP contribution >= 0.6 is 0 Å². The third-order valence-electron chi connectivity index (χ3n) is 2.42. The zero-order valence-corrected chi connectivity index (χ0v) is 10.1. The first-order valence-corrected chi connectivity index (χ1v) is 5.77. The lowest BCUT2D eigenvalue weighted by Crippen LogP contribution is -2.22. The summed E-state index contributed by atoms with van der Waals surface area (Å²) in [5.74, 6) is -1.93. The molecule has 0 saturated carbocycles. The van der Waals surface area contributed by atoms with Gasteiger partial charge in [-0.3, -0.25) is 9.59 Å². The quantitative estimate of drug-likeness (QED) is 0.448. The van der Waals surface area contributed by atoms with Gasteiger partial charge in [-0.2, -0.15) is 13.2 Å². The Labute approximate surface area is 108 Å². The highest BCUT2D eigenvalue weighted by molar-refractivity contribution is 6.04. The predicted molar refractivity (Wildman–Crippen MR) is 64.8 cm³/mol. The Kier molecular flexibility index (Phi) is 5.48. The van der Waals surface area contributed by atoms with E-state index in [0.717, 1.165) is 0 Å². The van der Waals surface area contributed by atoms with Gasteiger partial charge in [0.05, 0.1) is 0 Å². The number of carbonyl (C=O) groups is 2. The lowest BCUT2D eigenvalue weighted by atomic mass is 10.1. The molecular weight excluding hydrogens is 257 g/mol. The smallest absolute Gasteiger partial charge is 0.290 e. The van der Waals surface area contributed by atoms with Gasteiger partial charge >= 0.3 is 6.18 Å². The highest BCUT2D eigenvalue weighted by atomic mass is 19.4. The van der Waals surface area contributed by atoms with E-state index in [1.807, 2.05) is 0 Å². The van der Waals surface area contributed by atoms with Gasteiger partial charge in [-0.05, 0) is 18.9 Å². The van der Waals surface area contributed by atoms with Gasteiger partial charge in [-0.25, -0.2) is 0 Å². The average Bonchev–Trinajstić information content (AvgIpc) is 2.37.